The van der Waals surface area contributed by atoms with Crippen molar-refractivity contribution in [2.45, 2.75) is 50.0 Å². The second-order valence-corrected chi connectivity index (χ2v) is 10.3. The SMILES string of the molecule is C[Si]1(C)CCCC(N)(C(=O)O)CC1. The quantitative estimate of drug-likeness (QED) is 0.634. The first-order valence-corrected chi connectivity index (χ1v) is 8.29. The van der Waals surface area contributed by atoms with Gasteiger partial charge in [-0.3, -0.25) is 4.79 Å². The number of carboxylic acids is 1. The van der Waals surface area contributed by atoms with Crippen LogP contribution in [0.2, 0.25) is 25.2 Å². The van der Waals surface area contributed by atoms with Gasteiger partial charge in [-0.05, 0) is 12.8 Å². The fourth-order valence-electron chi connectivity index (χ4n) is 1.91. The minimum Gasteiger partial charge on any atom is -0.480 e. The first kappa shape index (κ1) is 10.7. The highest BCUT2D eigenvalue weighted by Gasteiger charge is 2.38. The molecule has 0 bridgehead atoms. The fourth-order valence-corrected chi connectivity index (χ4v) is 4.41. The van der Waals surface area contributed by atoms with Crippen molar-refractivity contribution in [2.75, 3.05) is 0 Å². The number of nitrogens with two attached hydrogens (primary N) is 1. The van der Waals surface area contributed by atoms with Gasteiger partial charge in [0.25, 0.3) is 0 Å². The van der Waals surface area contributed by atoms with Crippen molar-refractivity contribution < 1.29 is 9.90 Å². The summed E-state index contributed by atoms with van der Waals surface area (Å²) < 4.78 is 0. The Morgan fingerprint density at radius 3 is 2.54 bits per heavy atom. The van der Waals surface area contributed by atoms with E-state index in [9.17, 15) is 4.79 Å². The second kappa shape index (κ2) is 3.42. The highest BCUT2D eigenvalue weighted by Crippen LogP contribution is 2.31. The largest absolute Gasteiger partial charge is 0.480 e. The first-order chi connectivity index (χ1) is 5.86. The summed E-state index contributed by atoms with van der Waals surface area (Å²) in [6.07, 6.45) is 2.31. The van der Waals surface area contributed by atoms with E-state index in [1.807, 2.05) is 0 Å². The summed E-state index contributed by atoms with van der Waals surface area (Å²) in [5, 5.41) is 8.98. The van der Waals surface area contributed by atoms with Crippen molar-refractivity contribution >= 4 is 14.0 Å². The highest BCUT2D eigenvalue weighted by atomic mass is 28.3. The summed E-state index contributed by atoms with van der Waals surface area (Å²) >= 11 is 0. The Morgan fingerprint density at radius 2 is 2.00 bits per heavy atom. The lowest BCUT2D eigenvalue weighted by atomic mass is 9.92. The lowest BCUT2D eigenvalue weighted by molar-refractivity contribution is -0.143. The van der Waals surface area contributed by atoms with Crippen LogP contribution in [0.15, 0.2) is 0 Å². The zero-order valence-electron chi connectivity index (χ0n) is 8.47. The molecule has 0 amide bonds. The van der Waals surface area contributed by atoms with E-state index < -0.39 is 19.6 Å². The summed E-state index contributed by atoms with van der Waals surface area (Å²) in [4.78, 5) is 10.9. The molecule has 0 aromatic heterocycles. The van der Waals surface area contributed by atoms with Crippen LogP contribution in [0.1, 0.15) is 19.3 Å². The van der Waals surface area contributed by atoms with E-state index in [2.05, 4.69) is 13.1 Å². The average Bonchev–Trinajstić information content (AvgIpc) is 2.12. The van der Waals surface area contributed by atoms with Crippen LogP contribution in [0.4, 0.5) is 0 Å². The maximum Gasteiger partial charge on any atom is 0.323 e. The Balaban J connectivity index is 2.69. The van der Waals surface area contributed by atoms with Gasteiger partial charge in [0.1, 0.15) is 5.54 Å². The number of hydrogen-bond acceptors (Lipinski definition) is 2. The number of carbonyl (C=O) groups is 1. The smallest absolute Gasteiger partial charge is 0.323 e. The molecular weight excluding hydrogens is 182 g/mol. The van der Waals surface area contributed by atoms with E-state index in [0.29, 0.717) is 12.8 Å². The number of rotatable bonds is 1. The van der Waals surface area contributed by atoms with Gasteiger partial charge in [-0.2, -0.15) is 0 Å². The van der Waals surface area contributed by atoms with Crippen LogP contribution in [0.5, 0.6) is 0 Å². The van der Waals surface area contributed by atoms with Crippen molar-refractivity contribution in [2.24, 2.45) is 5.73 Å². The molecule has 1 unspecified atom stereocenters. The summed E-state index contributed by atoms with van der Waals surface area (Å²) in [7, 11) is -1.12. The standard InChI is InChI=1S/C9H19NO2Si/c1-13(2)6-3-4-9(10,5-7-13)8(11)12/h3-7,10H2,1-2H3,(H,11,12). The van der Waals surface area contributed by atoms with Gasteiger partial charge in [0.15, 0.2) is 0 Å². The molecule has 0 aromatic rings. The van der Waals surface area contributed by atoms with Gasteiger partial charge >= 0.3 is 5.97 Å². The molecule has 13 heavy (non-hydrogen) atoms. The minimum atomic E-state index is -1.12. The molecule has 1 aliphatic heterocycles. The third-order valence-corrected chi connectivity index (χ3v) is 6.46. The van der Waals surface area contributed by atoms with E-state index >= 15 is 0 Å². The molecule has 1 heterocycles. The van der Waals surface area contributed by atoms with Crippen molar-refractivity contribution in [3.63, 3.8) is 0 Å². The van der Waals surface area contributed by atoms with E-state index in [0.717, 1.165) is 12.5 Å². The lowest BCUT2D eigenvalue weighted by Gasteiger charge is -2.23. The molecule has 0 aliphatic carbocycles. The van der Waals surface area contributed by atoms with E-state index in [4.69, 9.17) is 10.8 Å². The van der Waals surface area contributed by atoms with Crippen LogP contribution < -0.4 is 5.73 Å². The molecule has 0 radical (unpaired) electrons. The molecule has 1 fully saturated rings. The normalized spacial score (nSPS) is 33.8. The summed E-state index contributed by atoms with van der Waals surface area (Å²) in [6, 6.07) is 2.27. The molecule has 0 spiro atoms. The molecule has 4 heteroatoms. The van der Waals surface area contributed by atoms with Crippen LogP contribution in [-0.4, -0.2) is 24.7 Å². The Labute approximate surface area is 80.3 Å². The second-order valence-electron chi connectivity index (χ2n) is 4.98. The van der Waals surface area contributed by atoms with E-state index in [1.54, 1.807) is 0 Å². The van der Waals surface area contributed by atoms with Crippen LogP contribution in [0.3, 0.4) is 0 Å². The van der Waals surface area contributed by atoms with Crippen LogP contribution in [0.25, 0.3) is 0 Å². The Kier molecular flexibility index (Phi) is 2.82. The molecule has 1 aliphatic rings. The summed E-state index contributed by atoms with van der Waals surface area (Å²) in [5.41, 5.74) is 4.92. The van der Waals surface area contributed by atoms with Crippen molar-refractivity contribution in [1.29, 1.82) is 0 Å². The third kappa shape index (κ3) is 2.54. The first-order valence-electron chi connectivity index (χ1n) is 4.88. The molecule has 1 atom stereocenters. The summed E-state index contributed by atoms with van der Waals surface area (Å²) in [5.74, 6) is -0.820. The molecule has 1 saturated heterocycles. The fraction of sp³-hybridized carbons (Fsp3) is 0.889. The van der Waals surface area contributed by atoms with Crippen LogP contribution in [-0.2, 0) is 4.79 Å². The highest BCUT2D eigenvalue weighted by molar-refractivity contribution is 6.77. The number of hydrogen-bond donors (Lipinski definition) is 2. The Bertz CT molecular complexity index is 218. The van der Waals surface area contributed by atoms with Crippen molar-refractivity contribution in [3.8, 4) is 0 Å². The average molecular weight is 201 g/mol. The Morgan fingerprint density at radius 1 is 1.38 bits per heavy atom. The van der Waals surface area contributed by atoms with E-state index in [-0.39, 0.29) is 0 Å². The summed E-state index contributed by atoms with van der Waals surface area (Å²) in [6.45, 7) is 4.64. The molecule has 0 aromatic carbocycles. The maximum absolute atomic E-state index is 10.9. The zero-order valence-corrected chi connectivity index (χ0v) is 9.47. The molecule has 3 nitrogen and oxygen atoms in total. The number of aliphatic carboxylic acids is 1. The molecule has 3 N–H and O–H groups in total. The predicted molar refractivity (Wildman–Crippen MR) is 55.5 cm³/mol. The van der Waals surface area contributed by atoms with Gasteiger partial charge in [-0.15, -0.1) is 0 Å². The molecule has 1 rings (SSSR count). The van der Waals surface area contributed by atoms with Gasteiger partial charge in [-0.25, -0.2) is 0 Å². The number of carboxylic acid groups (broad SMARTS) is 1. The topological polar surface area (TPSA) is 63.3 Å². The lowest BCUT2D eigenvalue weighted by Crippen LogP contribution is -2.47. The van der Waals surface area contributed by atoms with Gasteiger partial charge in [0.2, 0.25) is 0 Å². The zero-order chi connectivity index (χ0) is 10.1. The van der Waals surface area contributed by atoms with Crippen molar-refractivity contribution in [1.82, 2.24) is 0 Å². The van der Waals surface area contributed by atoms with Crippen LogP contribution >= 0.6 is 0 Å². The van der Waals surface area contributed by atoms with Crippen LogP contribution in [0, 0.1) is 0 Å². The Hall–Kier alpha value is -0.353. The van der Waals surface area contributed by atoms with Gasteiger partial charge in [-0.1, -0.05) is 31.6 Å². The monoisotopic (exact) mass is 201 g/mol. The van der Waals surface area contributed by atoms with Crippen molar-refractivity contribution in [3.05, 3.63) is 0 Å². The molecular formula is C9H19NO2Si. The molecule has 76 valence electrons. The predicted octanol–water partition coefficient (Wildman–Crippen LogP) is 1.66. The van der Waals surface area contributed by atoms with Gasteiger partial charge in [0.05, 0.1) is 0 Å². The molecule has 0 saturated carbocycles. The third-order valence-electron chi connectivity index (χ3n) is 3.15. The van der Waals surface area contributed by atoms with E-state index in [1.165, 1.54) is 6.04 Å². The van der Waals surface area contributed by atoms with Gasteiger partial charge in [0, 0.05) is 8.07 Å². The minimum absolute atomic E-state index is 0.652. The van der Waals surface area contributed by atoms with Gasteiger partial charge < -0.3 is 10.8 Å². The maximum atomic E-state index is 10.9.